The highest BCUT2D eigenvalue weighted by Crippen LogP contribution is 2.32. The van der Waals surface area contributed by atoms with Gasteiger partial charge in [-0.1, -0.05) is 48.2 Å². The van der Waals surface area contributed by atoms with E-state index in [0.29, 0.717) is 12.4 Å². The first-order chi connectivity index (χ1) is 15.6. The van der Waals surface area contributed by atoms with Crippen molar-refractivity contribution in [3.8, 4) is 23.2 Å². The molecule has 0 aliphatic heterocycles. The molecule has 3 N–H and O–H groups in total. The fourth-order valence-corrected chi connectivity index (χ4v) is 4.13. The molecule has 0 amide bonds. The lowest BCUT2D eigenvalue weighted by Gasteiger charge is -2.14. The van der Waals surface area contributed by atoms with E-state index in [1.54, 1.807) is 23.7 Å². The van der Waals surface area contributed by atoms with Crippen molar-refractivity contribution in [3.63, 3.8) is 0 Å². The predicted octanol–water partition coefficient (Wildman–Crippen LogP) is 4.91. The zero-order valence-corrected chi connectivity index (χ0v) is 18.8. The molecule has 4 rings (SSSR count). The van der Waals surface area contributed by atoms with Gasteiger partial charge >= 0.3 is 0 Å². The Morgan fingerprint density at radius 1 is 1.16 bits per heavy atom. The number of nitrogens with two attached hydrogens (primary N) is 1. The zero-order valence-electron chi connectivity index (χ0n) is 18.0. The van der Waals surface area contributed by atoms with Crippen LogP contribution in [0.4, 0.5) is 5.82 Å². The van der Waals surface area contributed by atoms with Crippen LogP contribution in [0.5, 0.6) is 0 Å². The van der Waals surface area contributed by atoms with Gasteiger partial charge in [0.2, 0.25) is 0 Å². The Kier molecular flexibility index (Phi) is 6.90. The van der Waals surface area contributed by atoms with Crippen molar-refractivity contribution in [2.75, 3.05) is 11.9 Å². The minimum absolute atomic E-state index is 0.0422. The van der Waals surface area contributed by atoms with Crippen LogP contribution in [0, 0.1) is 17.8 Å². The highest BCUT2D eigenvalue weighted by Gasteiger charge is 2.15. The van der Waals surface area contributed by atoms with E-state index >= 15 is 0 Å². The molecule has 32 heavy (non-hydrogen) atoms. The minimum Gasteiger partial charge on any atom is -0.367 e. The van der Waals surface area contributed by atoms with E-state index in [4.69, 9.17) is 15.7 Å². The number of fused-ring (bicyclic) bond motifs is 1. The molecule has 0 saturated heterocycles. The van der Waals surface area contributed by atoms with Crippen LogP contribution in [0.25, 0.3) is 21.6 Å². The smallest absolute Gasteiger partial charge is 0.162 e. The molecule has 3 aromatic heterocycles. The first-order valence-corrected chi connectivity index (χ1v) is 11.4. The van der Waals surface area contributed by atoms with Gasteiger partial charge in [0.05, 0.1) is 10.3 Å². The number of hydrogen-bond acceptors (Lipinski definition) is 6. The van der Waals surface area contributed by atoms with Crippen molar-refractivity contribution >= 4 is 27.4 Å². The molecule has 4 aromatic rings. The van der Waals surface area contributed by atoms with Crippen LogP contribution in [-0.4, -0.2) is 27.5 Å². The summed E-state index contributed by atoms with van der Waals surface area (Å²) in [4.78, 5) is 13.8. The molecule has 1 aromatic carbocycles. The van der Waals surface area contributed by atoms with Crippen LogP contribution in [0.2, 0.25) is 0 Å². The number of allylic oxidation sites excluding steroid dienone is 1. The number of hydrogen-bond donors (Lipinski definition) is 2. The lowest BCUT2D eigenvalue weighted by atomic mass is 10.1. The Bertz CT molecular complexity index is 1260. The molecule has 160 valence electrons. The second-order valence-electron chi connectivity index (χ2n) is 7.58. The molecule has 0 saturated carbocycles. The summed E-state index contributed by atoms with van der Waals surface area (Å²) in [6.07, 6.45) is 6.11. The Morgan fingerprint density at radius 3 is 2.69 bits per heavy atom. The monoisotopic (exact) mass is 439 g/mol. The largest absolute Gasteiger partial charge is 0.367 e. The third-order valence-electron chi connectivity index (χ3n) is 5.01. The van der Waals surface area contributed by atoms with Crippen molar-refractivity contribution in [2.24, 2.45) is 11.7 Å². The molecule has 0 fully saturated rings. The van der Waals surface area contributed by atoms with Gasteiger partial charge in [-0.25, -0.2) is 9.97 Å². The van der Waals surface area contributed by atoms with E-state index in [0.717, 1.165) is 33.6 Å². The Morgan fingerprint density at radius 2 is 1.94 bits per heavy atom. The van der Waals surface area contributed by atoms with Crippen molar-refractivity contribution in [1.29, 1.82) is 0 Å². The lowest BCUT2D eigenvalue weighted by Crippen LogP contribution is -2.31. The maximum atomic E-state index is 6.41. The molecule has 0 bridgehead atoms. The average molecular weight is 440 g/mol. The zero-order chi connectivity index (χ0) is 22.3. The third kappa shape index (κ3) is 5.20. The molecule has 2 atom stereocenters. The quantitative estimate of drug-likeness (QED) is 0.316. The first kappa shape index (κ1) is 21.7. The summed E-state index contributed by atoms with van der Waals surface area (Å²) in [5.74, 6) is 7.99. The number of anilines is 1. The fraction of sp³-hybridized carbons (Fsp3) is 0.192. The highest BCUT2D eigenvalue weighted by atomic mass is 32.1. The van der Waals surface area contributed by atoms with E-state index in [1.807, 2.05) is 48.7 Å². The SMILES string of the molecule is C=CC(C)C#Cc1csc2c(NC[C@@H](N)Cc3ccccc3)nc(-c3ccncc3)nc12. The molecule has 0 aliphatic carbocycles. The fourth-order valence-electron chi connectivity index (χ4n) is 3.22. The molecular weight excluding hydrogens is 414 g/mol. The van der Waals surface area contributed by atoms with Crippen LogP contribution < -0.4 is 11.1 Å². The molecule has 5 nitrogen and oxygen atoms in total. The number of pyridine rings is 1. The van der Waals surface area contributed by atoms with Gasteiger partial charge in [0, 0.05) is 41.8 Å². The summed E-state index contributed by atoms with van der Waals surface area (Å²) in [6.45, 7) is 6.43. The number of benzene rings is 1. The van der Waals surface area contributed by atoms with Crippen LogP contribution in [0.15, 0.2) is 72.9 Å². The highest BCUT2D eigenvalue weighted by molar-refractivity contribution is 7.18. The number of thiophene rings is 1. The van der Waals surface area contributed by atoms with E-state index in [2.05, 4.69) is 40.9 Å². The summed E-state index contributed by atoms with van der Waals surface area (Å²) in [6, 6.07) is 14.0. The van der Waals surface area contributed by atoms with Crippen LogP contribution >= 0.6 is 11.3 Å². The Hall–Kier alpha value is -3.53. The first-order valence-electron chi connectivity index (χ1n) is 10.5. The van der Waals surface area contributed by atoms with Gasteiger partial charge in [-0.15, -0.1) is 17.9 Å². The Balaban J connectivity index is 1.66. The van der Waals surface area contributed by atoms with Gasteiger partial charge in [0.25, 0.3) is 0 Å². The van der Waals surface area contributed by atoms with Crippen molar-refractivity contribution in [1.82, 2.24) is 15.0 Å². The lowest BCUT2D eigenvalue weighted by molar-refractivity contribution is 0.698. The van der Waals surface area contributed by atoms with Gasteiger partial charge in [-0.3, -0.25) is 4.98 Å². The summed E-state index contributed by atoms with van der Waals surface area (Å²) in [7, 11) is 0. The second-order valence-corrected chi connectivity index (χ2v) is 8.46. The Labute approximate surface area is 192 Å². The maximum absolute atomic E-state index is 6.41. The topological polar surface area (TPSA) is 76.7 Å². The molecule has 1 unspecified atom stereocenters. The second kappa shape index (κ2) is 10.2. The molecule has 0 aliphatic rings. The maximum Gasteiger partial charge on any atom is 0.162 e. The van der Waals surface area contributed by atoms with Gasteiger partial charge in [-0.2, -0.15) is 0 Å². The van der Waals surface area contributed by atoms with Gasteiger partial charge in [0.15, 0.2) is 5.82 Å². The predicted molar refractivity (Wildman–Crippen MR) is 133 cm³/mol. The van der Waals surface area contributed by atoms with Gasteiger partial charge in [-0.05, 0) is 31.0 Å². The van der Waals surface area contributed by atoms with Crippen LogP contribution in [-0.2, 0) is 6.42 Å². The summed E-state index contributed by atoms with van der Waals surface area (Å²) in [5, 5.41) is 5.50. The standard InChI is InChI=1S/C26H25N5S/c1-3-18(2)9-10-21-17-32-24-23(21)30-25(20-11-13-28-14-12-20)31-26(24)29-16-22(27)15-19-7-5-4-6-8-19/h3-8,11-14,17-18,22H,1,15-16,27H2,2H3,(H,29,30,31)/t18?,22-/m0/s1. The molecular formula is C26H25N5S. The van der Waals surface area contributed by atoms with Crippen LogP contribution in [0.3, 0.4) is 0 Å². The molecule has 0 radical (unpaired) electrons. The summed E-state index contributed by atoms with van der Waals surface area (Å²) in [5.41, 5.74) is 10.3. The molecule has 6 heteroatoms. The van der Waals surface area contributed by atoms with E-state index in [9.17, 15) is 0 Å². The van der Waals surface area contributed by atoms with Crippen LogP contribution in [0.1, 0.15) is 18.1 Å². The van der Waals surface area contributed by atoms with Crippen molar-refractivity contribution < 1.29 is 0 Å². The number of nitrogens with zero attached hydrogens (tertiary/aromatic N) is 3. The van der Waals surface area contributed by atoms with Gasteiger partial charge in [0.1, 0.15) is 11.3 Å². The van der Waals surface area contributed by atoms with Gasteiger partial charge < -0.3 is 11.1 Å². The molecule has 3 heterocycles. The van der Waals surface area contributed by atoms with E-state index in [1.165, 1.54) is 5.56 Å². The summed E-state index contributed by atoms with van der Waals surface area (Å²) < 4.78 is 0.977. The normalized spacial score (nSPS) is 12.6. The number of nitrogens with one attached hydrogen (secondary N) is 1. The molecule has 0 spiro atoms. The van der Waals surface area contributed by atoms with E-state index in [-0.39, 0.29) is 12.0 Å². The average Bonchev–Trinajstić information content (AvgIpc) is 3.25. The third-order valence-corrected chi connectivity index (χ3v) is 5.99. The number of rotatable bonds is 7. The van der Waals surface area contributed by atoms with Crippen molar-refractivity contribution in [2.45, 2.75) is 19.4 Å². The number of aromatic nitrogens is 3. The summed E-state index contributed by atoms with van der Waals surface area (Å²) >= 11 is 1.59. The minimum atomic E-state index is -0.0422. The van der Waals surface area contributed by atoms with E-state index < -0.39 is 0 Å². The van der Waals surface area contributed by atoms with Crippen molar-refractivity contribution in [3.05, 3.63) is 84.0 Å².